The lowest BCUT2D eigenvalue weighted by atomic mass is 10.1. The van der Waals surface area contributed by atoms with E-state index in [0.29, 0.717) is 5.06 Å². The zero-order chi connectivity index (χ0) is 15.6. The molecule has 0 unspecified atom stereocenters. The fraction of sp³-hybridized carbons (Fsp3) is 0.375. The Bertz CT molecular complexity index is 657. The minimum absolute atomic E-state index is 0.334. The Labute approximate surface area is 129 Å². The number of benzene rings is 1. The molecule has 0 bridgehead atoms. The zero-order valence-electron chi connectivity index (χ0n) is 13.0. The van der Waals surface area contributed by atoms with E-state index in [1.807, 2.05) is 58.9 Å². The van der Waals surface area contributed by atoms with Crippen molar-refractivity contribution in [2.45, 2.75) is 40.2 Å². The van der Waals surface area contributed by atoms with Crippen LogP contribution in [0.25, 0.3) is 11.3 Å². The molecular weight excluding hydrogens is 284 g/mol. The van der Waals surface area contributed by atoms with Gasteiger partial charge in [0.1, 0.15) is 5.69 Å². The van der Waals surface area contributed by atoms with Gasteiger partial charge in [-0.1, -0.05) is 35.6 Å². The SMILES string of the molecule is Cc1nc(-c2ccccc2C)c(OC(=O)NC(C)(C)C)s1. The number of thiazole rings is 1. The number of carbonyl (C=O) groups excluding carboxylic acids is 1. The average molecular weight is 304 g/mol. The summed E-state index contributed by atoms with van der Waals surface area (Å²) < 4.78 is 5.46. The van der Waals surface area contributed by atoms with Crippen molar-refractivity contribution in [2.75, 3.05) is 0 Å². The van der Waals surface area contributed by atoms with Gasteiger partial charge >= 0.3 is 6.09 Å². The minimum atomic E-state index is -0.457. The molecule has 0 aliphatic rings. The Balaban J connectivity index is 2.30. The van der Waals surface area contributed by atoms with Crippen molar-refractivity contribution < 1.29 is 9.53 Å². The molecule has 2 rings (SSSR count). The third-order valence-corrected chi connectivity index (χ3v) is 3.61. The molecule has 0 fully saturated rings. The smallest absolute Gasteiger partial charge is 0.397 e. The number of nitrogens with one attached hydrogen (secondary N) is 1. The monoisotopic (exact) mass is 304 g/mol. The van der Waals surface area contributed by atoms with E-state index in [2.05, 4.69) is 10.3 Å². The number of hydrogen-bond donors (Lipinski definition) is 1. The van der Waals surface area contributed by atoms with Crippen LogP contribution >= 0.6 is 11.3 Å². The Morgan fingerprint density at radius 2 is 1.90 bits per heavy atom. The summed E-state index contributed by atoms with van der Waals surface area (Å²) in [6.07, 6.45) is -0.457. The molecule has 1 amide bonds. The first-order chi connectivity index (χ1) is 9.76. The molecule has 0 atom stereocenters. The largest absolute Gasteiger partial charge is 0.413 e. The highest BCUT2D eigenvalue weighted by Crippen LogP contribution is 2.36. The van der Waals surface area contributed by atoms with Crippen LogP contribution < -0.4 is 10.1 Å². The van der Waals surface area contributed by atoms with Gasteiger partial charge in [0, 0.05) is 11.1 Å². The molecule has 1 aromatic heterocycles. The molecule has 0 saturated heterocycles. The maximum atomic E-state index is 12.0. The molecule has 4 nitrogen and oxygen atoms in total. The van der Waals surface area contributed by atoms with Gasteiger partial charge in [-0.3, -0.25) is 0 Å². The van der Waals surface area contributed by atoms with Crippen LogP contribution in [0.2, 0.25) is 0 Å². The van der Waals surface area contributed by atoms with Gasteiger partial charge in [0.2, 0.25) is 5.06 Å². The van der Waals surface area contributed by atoms with Gasteiger partial charge in [-0.15, -0.1) is 0 Å². The lowest BCUT2D eigenvalue weighted by Gasteiger charge is -2.19. The summed E-state index contributed by atoms with van der Waals surface area (Å²) in [5, 5.41) is 4.19. The van der Waals surface area contributed by atoms with Crippen LogP contribution in [-0.2, 0) is 0 Å². The van der Waals surface area contributed by atoms with Crippen molar-refractivity contribution in [3.63, 3.8) is 0 Å². The summed E-state index contributed by atoms with van der Waals surface area (Å²) in [5.41, 5.74) is 2.48. The van der Waals surface area contributed by atoms with Crippen LogP contribution in [0, 0.1) is 13.8 Å². The highest BCUT2D eigenvalue weighted by Gasteiger charge is 2.20. The van der Waals surface area contributed by atoms with Gasteiger partial charge in [0.15, 0.2) is 0 Å². The average Bonchev–Trinajstić information content (AvgIpc) is 2.68. The quantitative estimate of drug-likeness (QED) is 0.899. The van der Waals surface area contributed by atoms with Crippen molar-refractivity contribution in [2.24, 2.45) is 0 Å². The second-order valence-corrected chi connectivity index (χ2v) is 7.11. The van der Waals surface area contributed by atoms with Crippen LogP contribution in [0.1, 0.15) is 31.3 Å². The standard InChI is InChI=1S/C16H20N2O2S/c1-10-8-6-7-9-12(10)13-14(21-11(2)17-13)20-15(19)18-16(3,4)5/h6-9H,1-5H3,(H,18,19). The fourth-order valence-electron chi connectivity index (χ4n) is 1.90. The molecule has 5 heteroatoms. The molecular formula is C16H20N2O2S. The van der Waals surface area contributed by atoms with Crippen LogP contribution in [0.15, 0.2) is 24.3 Å². The molecule has 0 radical (unpaired) electrons. The summed E-state index contributed by atoms with van der Waals surface area (Å²) in [5.74, 6) is 0. The summed E-state index contributed by atoms with van der Waals surface area (Å²) >= 11 is 1.38. The Kier molecular flexibility index (Phi) is 4.32. The van der Waals surface area contributed by atoms with E-state index < -0.39 is 6.09 Å². The van der Waals surface area contributed by atoms with Gasteiger partial charge in [-0.2, -0.15) is 0 Å². The summed E-state index contributed by atoms with van der Waals surface area (Å²) in [7, 11) is 0. The third-order valence-electron chi connectivity index (χ3n) is 2.77. The number of amides is 1. The number of carbonyl (C=O) groups is 1. The Morgan fingerprint density at radius 3 is 2.52 bits per heavy atom. The molecule has 0 aliphatic heterocycles. The van der Waals surface area contributed by atoms with E-state index in [1.165, 1.54) is 11.3 Å². The predicted octanol–water partition coefficient (Wildman–Crippen LogP) is 4.31. The predicted molar refractivity (Wildman–Crippen MR) is 85.9 cm³/mol. The van der Waals surface area contributed by atoms with Gasteiger partial charge in [0.25, 0.3) is 0 Å². The van der Waals surface area contributed by atoms with E-state index in [0.717, 1.165) is 21.8 Å². The number of rotatable bonds is 2. The van der Waals surface area contributed by atoms with Crippen LogP contribution in [0.3, 0.4) is 0 Å². The van der Waals surface area contributed by atoms with E-state index in [1.54, 1.807) is 0 Å². The van der Waals surface area contributed by atoms with Crippen molar-refractivity contribution >= 4 is 17.4 Å². The van der Waals surface area contributed by atoms with Gasteiger partial charge in [-0.25, -0.2) is 9.78 Å². The van der Waals surface area contributed by atoms with Crippen molar-refractivity contribution in [3.05, 3.63) is 34.8 Å². The maximum Gasteiger partial charge on any atom is 0.413 e. The van der Waals surface area contributed by atoms with Gasteiger partial charge in [0.05, 0.1) is 5.01 Å². The van der Waals surface area contributed by atoms with Crippen LogP contribution in [-0.4, -0.2) is 16.6 Å². The van der Waals surface area contributed by atoms with E-state index in [4.69, 9.17) is 4.74 Å². The number of aromatic nitrogens is 1. The highest BCUT2D eigenvalue weighted by atomic mass is 32.1. The van der Waals surface area contributed by atoms with Crippen molar-refractivity contribution in [3.8, 4) is 16.3 Å². The highest BCUT2D eigenvalue weighted by molar-refractivity contribution is 7.14. The summed E-state index contributed by atoms with van der Waals surface area (Å²) in [6, 6.07) is 7.93. The normalized spacial score (nSPS) is 11.3. The van der Waals surface area contributed by atoms with Crippen LogP contribution in [0.4, 0.5) is 4.79 Å². The number of aryl methyl sites for hydroxylation is 2. The van der Waals surface area contributed by atoms with E-state index in [9.17, 15) is 4.79 Å². The first-order valence-corrected chi connectivity index (χ1v) is 7.61. The van der Waals surface area contributed by atoms with Crippen molar-refractivity contribution in [1.82, 2.24) is 10.3 Å². The van der Waals surface area contributed by atoms with E-state index in [-0.39, 0.29) is 5.54 Å². The zero-order valence-corrected chi connectivity index (χ0v) is 13.8. The first kappa shape index (κ1) is 15.5. The maximum absolute atomic E-state index is 12.0. The third kappa shape index (κ3) is 4.04. The van der Waals surface area contributed by atoms with Gasteiger partial charge < -0.3 is 10.1 Å². The number of ether oxygens (including phenoxy) is 1. The number of nitrogens with zero attached hydrogens (tertiary/aromatic N) is 1. The molecule has 0 saturated carbocycles. The molecule has 1 heterocycles. The van der Waals surface area contributed by atoms with Crippen LogP contribution in [0.5, 0.6) is 5.06 Å². The van der Waals surface area contributed by atoms with Crippen molar-refractivity contribution in [1.29, 1.82) is 0 Å². The second-order valence-electron chi connectivity index (χ2n) is 5.95. The molecule has 0 spiro atoms. The first-order valence-electron chi connectivity index (χ1n) is 6.80. The molecule has 1 aromatic carbocycles. The lowest BCUT2D eigenvalue weighted by Crippen LogP contribution is -2.42. The molecule has 112 valence electrons. The summed E-state index contributed by atoms with van der Waals surface area (Å²) in [6.45, 7) is 9.65. The Morgan fingerprint density at radius 1 is 1.24 bits per heavy atom. The molecule has 0 aliphatic carbocycles. The second kappa shape index (κ2) is 5.85. The minimum Gasteiger partial charge on any atom is -0.397 e. The van der Waals surface area contributed by atoms with E-state index >= 15 is 0 Å². The molecule has 21 heavy (non-hydrogen) atoms. The lowest BCUT2D eigenvalue weighted by molar-refractivity contribution is 0.192. The molecule has 2 aromatic rings. The topological polar surface area (TPSA) is 51.2 Å². The summed E-state index contributed by atoms with van der Waals surface area (Å²) in [4.78, 5) is 16.5. The van der Waals surface area contributed by atoms with Gasteiger partial charge in [-0.05, 0) is 40.2 Å². The fourth-order valence-corrected chi connectivity index (χ4v) is 2.68. The Hall–Kier alpha value is -1.88. The molecule has 1 N–H and O–H groups in total. The number of hydrogen-bond acceptors (Lipinski definition) is 4.